The first-order valence-corrected chi connectivity index (χ1v) is 5.73. The van der Waals surface area contributed by atoms with Gasteiger partial charge in [-0.1, -0.05) is 6.07 Å². The van der Waals surface area contributed by atoms with E-state index in [4.69, 9.17) is 0 Å². The Morgan fingerprint density at radius 2 is 2.33 bits per heavy atom. The standard InChI is InChI=1S/C12H16N2O3.ClH/c1-17-12(16)8-9-4-3-7-14(9)10-5-2-6-11(15)13-10;/h2,5-6,9H,3-4,7-8H2,1H3,(H,13,15);1H. The molecular weight excluding hydrogens is 256 g/mol. The summed E-state index contributed by atoms with van der Waals surface area (Å²) in [4.78, 5) is 27.4. The summed E-state index contributed by atoms with van der Waals surface area (Å²) in [7, 11) is 1.39. The second kappa shape index (κ2) is 6.44. The van der Waals surface area contributed by atoms with Crippen molar-refractivity contribution < 1.29 is 9.53 Å². The van der Waals surface area contributed by atoms with Gasteiger partial charge in [-0.2, -0.15) is 0 Å². The van der Waals surface area contributed by atoms with Gasteiger partial charge in [0, 0.05) is 18.7 Å². The number of ether oxygens (including phenoxy) is 1. The Hall–Kier alpha value is -1.49. The van der Waals surface area contributed by atoms with Crippen molar-refractivity contribution in [2.24, 2.45) is 0 Å². The van der Waals surface area contributed by atoms with Crippen molar-refractivity contribution in [2.45, 2.75) is 25.3 Å². The fraction of sp³-hybridized carbons (Fsp3) is 0.500. The normalized spacial score (nSPS) is 18.3. The Balaban J connectivity index is 0.00000162. The number of halogens is 1. The van der Waals surface area contributed by atoms with Gasteiger partial charge >= 0.3 is 5.97 Å². The molecule has 0 spiro atoms. The minimum Gasteiger partial charge on any atom is -0.469 e. The minimum absolute atomic E-state index is 0. The Morgan fingerprint density at radius 3 is 3.00 bits per heavy atom. The molecule has 1 saturated heterocycles. The molecule has 5 nitrogen and oxygen atoms in total. The van der Waals surface area contributed by atoms with Gasteiger partial charge in [-0.05, 0) is 18.9 Å². The van der Waals surface area contributed by atoms with Crippen LogP contribution < -0.4 is 10.5 Å². The molecule has 1 atom stereocenters. The highest BCUT2D eigenvalue weighted by atomic mass is 35.5. The maximum Gasteiger partial charge on any atom is 0.307 e. The van der Waals surface area contributed by atoms with E-state index in [1.54, 1.807) is 6.07 Å². The Labute approximate surface area is 112 Å². The van der Waals surface area contributed by atoms with E-state index in [0.29, 0.717) is 6.42 Å². The lowest BCUT2D eigenvalue weighted by Crippen LogP contribution is -2.33. The second-order valence-corrected chi connectivity index (χ2v) is 4.17. The molecule has 1 aromatic heterocycles. The van der Waals surface area contributed by atoms with E-state index in [1.807, 2.05) is 6.07 Å². The lowest BCUT2D eigenvalue weighted by Gasteiger charge is -2.25. The summed E-state index contributed by atoms with van der Waals surface area (Å²) in [6.45, 7) is 0.863. The van der Waals surface area contributed by atoms with Crippen LogP contribution in [0.3, 0.4) is 0 Å². The van der Waals surface area contributed by atoms with Crippen molar-refractivity contribution in [3.8, 4) is 0 Å². The van der Waals surface area contributed by atoms with E-state index in [2.05, 4.69) is 14.6 Å². The maximum absolute atomic E-state index is 11.3. The van der Waals surface area contributed by atoms with E-state index in [1.165, 1.54) is 13.2 Å². The molecule has 18 heavy (non-hydrogen) atoms. The Bertz CT molecular complexity index is 461. The fourth-order valence-corrected chi connectivity index (χ4v) is 2.24. The number of methoxy groups -OCH3 is 1. The molecule has 1 unspecified atom stereocenters. The highest BCUT2D eigenvalue weighted by Gasteiger charge is 2.27. The van der Waals surface area contributed by atoms with E-state index in [0.717, 1.165) is 25.2 Å². The predicted molar refractivity (Wildman–Crippen MR) is 71.3 cm³/mol. The van der Waals surface area contributed by atoms with Gasteiger partial charge in [-0.25, -0.2) is 0 Å². The highest BCUT2D eigenvalue weighted by molar-refractivity contribution is 5.85. The van der Waals surface area contributed by atoms with Gasteiger partial charge in [0.05, 0.1) is 13.5 Å². The molecule has 0 aromatic carbocycles. The first-order chi connectivity index (χ1) is 8.20. The molecular formula is C12H17ClN2O3. The van der Waals surface area contributed by atoms with Gasteiger partial charge in [0.15, 0.2) is 0 Å². The summed E-state index contributed by atoms with van der Waals surface area (Å²) in [5.74, 6) is 0.573. The molecule has 0 radical (unpaired) electrons. The summed E-state index contributed by atoms with van der Waals surface area (Å²) in [5.41, 5.74) is -0.119. The van der Waals surface area contributed by atoms with Crippen LogP contribution in [0.1, 0.15) is 19.3 Å². The number of H-pyrrole nitrogens is 1. The zero-order chi connectivity index (χ0) is 12.3. The molecule has 2 heterocycles. The zero-order valence-corrected chi connectivity index (χ0v) is 11.0. The van der Waals surface area contributed by atoms with Gasteiger partial charge in [-0.15, -0.1) is 12.4 Å². The average molecular weight is 273 g/mol. The number of rotatable bonds is 3. The van der Waals surface area contributed by atoms with Crippen molar-refractivity contribution in [3.63, 3.8) is 0 Å². The number of pyridine rings is 1. The van der Waals surface area contributed by atoms with Crippen LogP contribution in [0.15, 0.2) is 23.0 Å². The number of nitrogens with zero attached hydrogens (tertiary/aromatic N) is 1. The molecule has 0 amide bonds. The summed E-state index contributed by atoms with van der Waals surface area (Å²) in [6, 6.07) is 5.19. The van der Waals surface area contributed by atoms with Crippen LogP contribution >= 0.6 is 12.4 Å². The van der Waals surface area contributed by atoms with Crippen molar-refractivity contribution in [1.29, 1.82) is 0 Å². The third-order valence-corrected chi connectivity index (χ3v) is 3.07. The van der Waals surface area contributed by atoms with Gasteiger partial charge in [0.2, 0.25) is 5.56 Å². The first-order valence-electron chi connectivity index (χ1n) is 5.73. The number of carbonyl (C=O) groups excluding carboxylic acids is 1. The number of aromatic nitrogens is 1. The Kier molecular flexibility index (Phi) is 5.22. The van der Waals surface area contributed by atoms with Crippen LogP contribution in [0.25, 0.3) is 0 Å². The SMILES string of the molecule is COC(=O)CC1CCCN1c1cccc(=O)[nH]1.Cl. The highest BCUT2D eigenvalue weighted by Crippen LogP contribution is 2.25. The van der Waals surface area contributed by atoms with Gasteiger partial charge in [-0.3, -0.25) is 9.59 Å². The van der Waals surface area contributed by atoms with E-state index in [9.17, 15) is 9.59 Å². The number of aromatic amines is 1. The zero-order valence-electron chi connectivity index (χ0n) is 10.2. The van der Waals surface area contributed by atoms with Gasteiger partial charge in [0.1, 0.15) is 5.82 Å². The number of nitrogens with one attached hydrogen (secondary N) is 1. The van der Waals surface area contributed by atoms with Crippen LogP contribution in [0.2, 0.25) is 0 Å². The van der Waals surface area contributed by atoms with Crippen LogP contribution in [0.5, 0.6) is 0 Å². The van der Waals surface area contributed by atoms with E-state index < -0.39 is 0 Å². The summed E-state index contributed by atoms with van der Waals surface area (Å²) < 4.78 is 4.68. The summed E-state index contributed by atoms with van der Waals surface area (Å²) in [6.07, 6.45) is 2.35. The number of hydrogen-bond acceptors (Lipinski definition) is 4. The molecule has 0 bridgehead atoms. The number of carbonyl (C=O) groups is 1. The third-order valence-electron chi connectivity index (χ3n) is 3.07. The minimum atomic E-state index is -0.208. The smallest absolute Gasteiger partial charge is 0.307 e. The monoisotopic (exact) mass is 272 g/mol. The lowest BCUT2D eigenvalue weighted by molar-refractivity contribution is -0.140. The molecule has 1 aromatic rings. The van der Waals surface area contributed by atoms with Crippen molar-refractivity contribution in [1.82, 2.24) is 4.98 Å². The molecule has 6 heteroatoms. The largest absolute Gasteiger partial charge is 0.469 e. The number of anilines is 1. The molecule has 0 saturated carbocycles. The van der Waals surface area contributed by atoms with Crippen molar-refractivity contribution >= 4 is 24.2 Å². The molecule has 2 rings (SSSR count). The van der Waals surface area contributed by atoms with E-state index in [-0.39, 0.29) is 30.0 Å². The molecule has 1 fully saturated rings. The molecule has 1 N–H and O–H groups in total. The van der Waals surface area contributed by atoms with Crippen LogP contribution in [0.4, 0.5) is 5.82 Å². The fourth-order valence-electron chi connectivity index (χ4n) is 2.24. The molecule has 1 aliphatic rings. The topological polar surface area (TPSA) is 62.4 Å². The number of esters is 1. The van der Waals surface area contributed by atoms with Gasteiger partial charge in [0.25, 0.3) is 0 Å². The van der Waals surface area contributed by atoms with Gasteiger partial charge < -0.3 is 14.6 Å². The lowest BCUT2D eigenvalue weighted by atomic mass is 10.1. The van der Waals surface area contributed by atoms with E-state index >= 15 is 0 Å². The maximum atomic E-state index is 11.3. The second-order valence-electron chi connectivity index (χ2n) is 4.17. The summed E-state index contributed by atoms with van der Waals surface area (Å²) in [5, 5.41) is 0. The molecule has 1 aliphatic heterocycles. The number of hydrogen-bond donors (Lipinski definition) is 1. The third kappa shape index (κ3) is 3.26. The Morgan fingerprint density at radius 1 is 1.56 bits per heavy atom. The van der Waals surface area contributed by atoms with Crippen LogP contribution in [-0.4, -0.2) is 30.6 Å². The predicted octanol–water partition coefficient (Wildman–Crippen LogP) is 1.33. The van der Waals surface area contributed by atoms with Crippen LogP contribution in [-0.2, 0) is 9.53 Å². The summed E-state index contributed by atoms with van der Waals surface area (Å²) >= 11 is 0. The van der Waals surface area contributed by atoms with Crippen LogP contribution in [0, 0.1) is 0 Å². The van der Waals surface area contributed by atoms with Crippen molar-refractivity contribution in [2.75, 3.05) is 18.6 Å². The quantitative estimate of drug-likeness (QED) is 0.843. The van der Waals surface area contributed by atoms with Crippen molar-refractivity contribution in [3.05, 3.63) is 28.6 Å². The first kappa shape index (κ1) is 14.6. The molecule has 100 valence electrons. The molecule has 0 aliphatic carbocycles. The average Bonchev–Trinajstić information content (AvgIpc) is 2.77.